The molecule has 2 aromatic carbocycles. The summed E-state index contributed by atoms with van der Waals surface area (Å²) < 4.78 is 0. The zero-order valence-corrected chi connectivity index (χ0v) is 10.4. The minimum absolute atomic E-state index is 0.0912. The molecule has 0 saturated carbocycles. The Bertz CT molecular complexity index is 565. The van der Waals surface area contributed by atoms with E-state index in [9.17, 15) is 10.2 Å². The fraction of sp³-hybridized carbons (Fsp3) is 0.200. The lowest BCUT2D eigenvalue weighted by molar-refractivity contribution is 0.275. The predicted octanol–water partition coefficient (Wildman–Crippen LogP) is 2.87. The standard InChI is InChI=1S/C15H16O3/c1-9-5-12(6-10(2)15(9)18)11-3-4-14(17)13(7-11)8-16/h3-7,16-18H,8H2,1-2H3. The highest BCUT2D eigenvalue weighted by molar-refractivity contribution is 5.68. The number of phenolic OH excluding ortho intramolecular Hbond substituents is 1. The summed E-state index contributed by atoms with van der Waals surface area (Å²) in [6.07, 6.45) is 0. The van der Waals surface area contributed by atoms with Crippen molar-refractivity contribution in [1.29, 1.82) is 0 Å². The van der Waals surface area contributed by atoms with Crippen LogP contribution in [-0.2, 0) is 6.61 Å². The van der Waals surface area contributed by atoms with Gasteiger partial charge in [-0.2, -0.15) is 0 Å². The molecule has 0 radical (unpaired) electrons. The molecular formula is C15H16O3. The van der Waals surface area contributed by atoms with Crippen LogP contribution in [0.25, 0.3) is 11.1 Å². The highest BCUT2D eigenvalue weighted by atomic mass is 16.3. The summed E-state index contributed by atoms with van der Waals surface area (Å²) in [4.78, 5) is 0. The monoisotopic (exact) mass is 244 g/mol. The number of benzene rings is 2. The normalized spacial score (nSPS) is 10.6. The maximum absolute atomic E-state index is 9.74. The van der Waals surface area contributed by atoms with Crippen molar-refractivity contribution >= 4 is 0 Å². The van der Waals surface area contributed by atoms with Crippen molar-refractivity contribution in [2.75, 3.05) is 0 Å². The lowest BCUT2D eigenvalue weighted by atomic mass is 9.98. The number of aryl methyl sites for hydroxylation is 2. The second-order valence-corrected chi connectivity index (χ2v) is 4.46. The summed E-state index contributed by atoms with van der Waals surface area (Å²) in [6.45, 7) is 3.49. The van der Waals surface area contributed by atoms with Gasteiger partial charge in [0.1, 0.15) is 11.5 Å². The van der Waals surface area contributed by atoms with E-state index in [0.29, 0.717) is 11.3 Å². The molecule has 3 heteroatoms. The van der Waals surface area contributed by atoms with Gasteiger partial charge in [0, 0.05) is 5.56 Å². The third kappa shape index (κ3) is 2.17. The number of hydrogen-bond donors (Lipinski definition) is 3. The number of rotatable bonds is 2. The maximum atomic E-state index is 9.74. The van der Waals surface area contributed by atoms with E-state index in [-0.39, 0.29) is 12.4 Å². The van der Waals surface area contributed by atoms with Crippen molar-refractivity contribution < 1.29 is 15.3 Å². The van der Waals surface area contributed by atoms with Crippen LogP contribution in [0.2, 0.25) is 0 Å². The van der Waals surface area contributed by atoms with Crippen LogP contribution < -0.4 is 0 Å². The van der Waals surface area contributed by atoms with Gasteiger partial charge in [-0.25, -0.2) is 0 Å². The topological polar surface area (TPSA) is 60.7 Å². The minimum atomic E-state index is -0.199. The Morgan fingerprint density at radius 3 is 2.06 bits per heavy atom. The first-order valence-electron chi connectivity index (χ1n) is 5.76. The van der Waals surface area contributed by atoms with Gasteiger partial charge in [-0.15, -0.1) is 0 Å². The van der Waals surface area contributed by atoms with Gasteiger partial charge in [-0.3, -0.25) is 0 Å². The van der Waals surface area contributed by atoms with E-state index in [1.54, 1.807) is 18.2 Å². The molecule has 0 bridgehead atoms. The lowest BCUT2D eigenvalue weighted by Crippen LogP contribution is -1.88. The molecule has 18 heavy (non-hydrogen) atoms. The molecule has 0 aromatic heterocycles. The zero-order valence-electron chi connectivity index (χ0n) is 10.4. The van der Waals surface area contributed by atoms with Gasteiger partial charge in [0.2, 0.25) is 0 Å². The molecule has 0 heterocycles. The summed E-state index contributed by atoms with van der Waals surface area (Å²) in [5.41, 5.74) is 3.98. The van der Waals surface area contributed by atoms with E-state index < -0.39 is 0 Å². The fourth-order valence-corrected chi connectivity index (χ4v) is 2.01. The summed E-state index contributed by atoms with van der Waals surface area (Å²) in [6, 6.07) is 8.88. The zero-order chi connectivity index (χ0) is 13.3. The molecule has 0 aliphatic carbocycles. The molecule has 0 aliphatic rings. The second kappa shape index (κ2) is 4.70. The number of aliphatic hydroxyl groups is 1. The molecule has 0 atom stereocenters. The van der Waals surface area contributed by atoms with Crippen molar-refractivity contribution in [2.45, 2.75) is 20.5 Å². The van der Waals surface area contributed by atoms with Crippen LogP contribution in [0, 0.1) is 13.8 Å². The van der Waals surface area contributed by atoms with Crippen molar-refractivity contribution in [2.24, 2.45) is 0 Å². The molecule has 3 nitrogen and oxygen atoms in total. The van der Waals surface area contributed by atoms with Gasteiger partial charge < -0.3 is 15.3 Å². The van der Waals surface area contributed by atoms with Gasteiger partial charge in [-0.05, 0) is 60.4 Å². The first-order valence-corrected chi connectivity index (χ1v) is 5.76. The van der Waals surface area contributed by atoms with Crippen molar-refractivity contribution in [3.05, 3.63) is 47.0 Å². The first-order chi connectivity index (χ1) is 8.52. The number of hydrogen-bond acceptors (Lipinski definition) is 3. The highest BCUT2D eigenvalue weighted by Gasteiger charge is 2.07. The third-order valence-electron chi connectivity index (χ3n) is 3.07. The second-order valence-electron chi connectivity index (χ2n) is 4.46. The largest absolute Gasteiger partial charge is 0.508 e. The molecule has 2 aromatic rings. The highest BCUT2D eigenvalue weighted by Crippen LogP contribution is 2.31. The van der Waals surface area contributed by atoms with Crippen LogP contribution in [0.1, 0.15) is 16.7 Å². The summed E-state index contributed by atoms with van der Waals surface area (Å²) in [7, 11) is 0. The van der Waals surface area contributed by atoms with E-state index in [1.165, 1.54) is 0 Å². The van der Waals surface area contributed by atoms with Crippen LogP contribution in [0.5, 0.6) is 11.5 Å². The van der Waals surface area contributed by atoms with Gasteiger partial charge in [-0.1, -0.05) is 6.07 Å². The average molecular weight is 244 g/mol. The van der Waals surface area contributed by atoms with Gasteiger partial charge in [0.05, 0.1) is 6.61 Å². The Balaban J connectivity index is 2.55. The van der Waals surface area contributed by atoms with E-state index >= 15 is 0 Å². The predicted molar refractivity (Wildman–Crippen MR) is 70.6 cm³/mol. The SMILES string of the molecule is Cc1cc(-c2ccc(O)c(CO)c2)cc(C)c1O. The number of aromatic hydroxyl groups is 2. The fourth-order valence-electron chi connectivity index (χ4n) is 2.01. The Kier molecular flexibility index (Phi) is 3.26. The van der Waals surface area contributed by atoms with Crippen LogP contribution >= 0.6 is 0 Å². The van der Waals surface area contributed by atoms with Gasteiger partial charge >= 0.3 is 0 Å². The average Bonchev–Trinajstić information content (AvgIpc) is 2.36. The summed E-state index contributed by atoms with van der Waals surface area (Å²) in [5.74, 6) is 0.397. The summed E-state index contributed by atoms with van der Waals surface area (Å²) >= 11 is 0. The van der Waals surface area contributed by atoms with Gasteiger partial charge in [0.25, 0.3) is 0 Å². The number of phenols is 2. The van der Waals surface area contributed by atoms with E-state index in [1.807, 2.05) is 26.0 Å². The van der Waals surface area contributed by atoms with E-state index in [0.717, 1.165) is 22.3 Å². The Morgan fingerprint density at radius 2 is 1.50 bits per heavy atom. The van der Waals surface area contributed by atoms with Crippen molar-refractivity contribution in [3.63, 3.8) is 0 Å². The Morgan fingerprint density at radius 1 is 0.889 bits per heavy atom. The molecule has 3 N–H and O–H groups in total. The van der Waals surface area contributed by atoms with Crippen LogP contribution in [0.4, 0.5) is 0 Å². The van der Waals surface area contributed by atoms with E-state index in [2.05, 4.69) is 0 Å². The molecule has 2 rings (SSSR count). The molecule has 0 fully saturated rings. The minimum Gasteiger partial charge on any atom is -0.508 e. The third-order valence-corrected chi connectivity index (χ3v) is 3.07. The molecule has 0 spiro atoms. The van der Waals surface area contributed by atoms with Crippen LogP contribution in [0.15, 0.2) is 30.3 Å². The lowest BCUT2D eigenvalue weighted by Gasteiger charge is -2.10. The molecular weight excluding hydrogens is 228 g/mol. The van der Waals surface area contributed by atoms with Crippen LogP contribution in [0.3, 0.4) is 0 Å². The van der Waals surface area contributed by atoms with Crippen LogP contribution in [-0.4, -0.2) is 15.3 Å². The quantitative estimate of drug-likeness (QED) is 0.761. The molecule has 0 unspecified atom stereocenters. The molecule has 0 amide bonds. The maximum Gasteiger partial charge on any atom is 0.121 e. The summed E-state index contributed by atoms with van der Waals surface area (Å²) in [5, 5.41) is 28.4. The molecule has 0 aliphatic heterocycles. The first kappa shape index (κ1) is 12.5. The Hall–Kier alpha value is -2.00. The van der Waals surface area contributed by atoms with E-state index in [4.69, 9.17) is 5.11 Å². The number of aliphatic hydroxyl groups excluding tert-OH is 1. The Labute approximate surface area is 106 Å². The van der Waals surface area contributed by atoms with Crippen molar-refractivity contribution in [3.8, 4) is 22.6 Å². The molecule has 94 valence electrons. The molecule has 0 saturated heterocycles. The van der Waals surface area contributed by atoms with Crippen molar-refractivity contribution in [1.82, 2.24) is 0 Å². The van der Waals surface area contributed by atoms with Gasteiger partial charge in [0.15, 0.2) is 0 Å². The smallest absolute Gasteiger partial charge is 0.121 e.